The molecule has 0 aliphatic rings. The van der Waals surface area contributed by atoms with Gasteiger partial charge in [-0.2, -0.15) is 13.2 Å². The van der Waals surface area contributed by atoms with Crippen LogP contribution in [0.1, 0.15) is 32.1 Å². The second kappa shape index (κ2) is 8.05. The van der Waals surface area contributed by atoms with Gasteiger partial charge in [0.2, 0.25) is 0 Å². The van der Waals surface area contributed by atoms with Gasteiger partial charge in [-0.15, -0.1) is 0 Å². The van der Waals surface area contributed by atoms with Gasteiger partial charge >= 0.3 is 6.18 Å². The molecular weight excluding hydrogens is 195 g/mol. The van der Waals surface area contributed by atoms with E-state index in [-0.39, 0.29) is 6.61 Å². The van der Waals surface area contributed by atoms with Crippen LogP contribution in [0.2, 0.25) is 0 Å². The van der Waals surface area contributed by atoms with Crippen LogP contribution in [0.15, 0.2) is 0 Å². The molecule has 14 heavy (non-hydrogen) atoms. The molecule has 0 spiro atoms. The summed E-state index contributed by atoms with van der Waals surface area (Å²) < 4.78 is 39.8. The summed E-state index contributed by atoms with van der Waals surface area (Å²) in [5, 5.41) is 0. The Hall–Kier alpha value is -0.290. The number of hydrogen-bond acceptors (Lipinski definition) is 2. The SMILES string of the molecule is NCCCCCCOCCC(F)(F)F. The predicted molar refractivity (Wildman–Crippen MR) is 49.0 cm³/mol. The molecule has 5 heteroatoms. The van der Waals surface area contributed by atoms with Gasteiger partial charge in [0.25, 0.3) is 0 Å². The molecule has 0 aliphatic carbocycles. The molecule has 0 saturated heterocycles. The molecule has 0 amide bonds. The number of hydrogen-bond donors (Lipinski definition) is 1. The second-order valence-corrected chi connectivity index (χ2v) is 3.18. The average molecular weight is 213 g/mol. The fourth-order valence-corrected chi connectivity index (χ4v) is 0.992. The van der Waals surface area contributed by atoms with Crippen LogP contribution in [-0.4, -0.2) is 25.9 Å². The zero-order chi connectivity index (χ0) is 10.9. The first kappa shape index (κ1) is 13.7. The van der Waals surface area contributed by atoms with E-state index in [4.69, 9.17) is 10.5 Å². The third kappa shape index (κ3) is 11.7. The maximum absolute atomic E-state index is 11.6. The maximum atomic E-state index is 11.6. The van der Waals surface area contributed by atoms with Crippen LogP contribution in [0, 0.1) is 0 Å². The molecule has 0 fully saturated rings. The van der Waals surface area contributed by atoms with E-state index in [1.807, 2.05) is 0 Å². The highest BCUT2D eigenvalue weighted by Gasteiger charge is 2.26. The van der Waals surface area contributed by atoms with Crippen LogP contribution in [0.4, 0.5) is 13.2 Å². The summed E-state index contributed by atoms with van der Waals surface area (Å²) in [5.74, 6) is 0. The molecule has 0 radical (unpaired) electrons. The van der Waals surface area contributed by atoms with E-state index in [2.05, 4.69) is 0 Å². The van der Waals surface area contributed by atoms with Crippen molar-refractivity contribution in [2.24, 2.45) is 5.73 Å². The standard InChI is InChI=1S/C9H18F3NO/c10-9(11,12)5-8-14-7-4-2-1-3-6-13/h1-8,13H2. The van der Waals surface area contributed by atoms with Crippen molar-refractivity contribution in [3.63, 3.8) is 0 Å². The minimum absolute atomic E-state index is 0.222. The summed E-state index contributed by atoms with van der Waals surface area (Å²) >= 11 is 0. The topological polar surface area (TPSA) is 35.2 Å². The second-order valence-electron chi connectivity index (χ2n) is 3.18. The van der Waals surface area contributed by atoms with Crippen LogP contribution >= 0.6 is 0 Å². The van der Waals surface area contributed by atoms with Crippen molar-refractivity contribution in [1.29, 1.82) is 0 Å². The third-order valence-electron chi connectivity index (χ3n) is 1.77. The van der Waals surface area contributed by atoms with Crippen molar-refractivity contribution in [2.75, 3.05) is 19.8 Å². The molecule has 0 aliphatic heterocycles. The quantitative estimate of drug-likeness (QED) is 0.629. The van der Waals surface area contributed by atoms with E-state index in [1.54, 1.807) is 0 Å². The Morgan fingerprint density at radius 1 is 0.929 bits per heavy atom. The first-order valence-corrected chi connectivity index (χ1v) is 4.91. The first-order chi connectivity index (χ1) is 6.56. The largest absolute Gasteiger partial charge is 0.391 e. The zero-order valence-corrected chi connectivity index (χ0v) is 8.28. The Morgan fingerprint density at radius 3 is 2.14 bits per heavy atom. The number of unbranched alkanes of at least 4 members (excludes halogenated alkanes) is 3. The van der Waals surface area contributed by atoms with Crippen molar-refractivity contribution in [1.82, 2.24) is 0 Å². The van der Waals surface area contributed by atoms with Gasteiger partial charge < -0.3 is 10.5 Å². The molecule has 0 unspecified atom stereocenters. The van der Waals surface area contributed by atoms with Crippen LogP contribution in [0.5, 0.6) is 0 Å². The molecule has 2 N–H and O–H groups in total. The zero-order valence-electron chi connectivity index (χ0n) is 8.28. The summed E-state index contributed by atoms with van der Waals surface area (Å²) in [6.07, 6.45) is -1.15. The monoisotopic (exact) mass is 213 g/mol. The van der Waals surface area contributed by atoms with Crippen molar-refractivity contribution in [3.05, 3.63) is 0 Å². The summed E-state index contributed by atoms with van der Waals surface area (Å²) in [6, 6.07) is 0. The third-order valence-corrected chi connectivity index (χ3v) is 1.77. The maximum Gasteiger partial charge on any atom is 0.391 e. The molecule has 0 heterocycles. The van der Waals surface area contributed by atoms with Gasteiger partial charge in [-0.3, -0.25) is 0 Å². The van der Waals surface area contributed by atoms with Crippen molar-refractivity contribution in [3.8, 4) is 0 Å². The fourth-order valence-electron chi connectivity index (χ4n) is 0.992. The molecule has 0 saturated carbocycles. The van der Waals surface area contributed by atoms with Gasteiger partial charge in [0, 0.05) is 6.61 Å². The highest BCUT2D eigenvalue weighted by molar-refractivity contribution is 4.48. The first-order valence-electron chi connectivity index (χ1n) is 4.91. The van der Waals surface area contributed by atoms with E-state index in [9.17, 15) is 13.2 Å². The number of halogens is 3. The average Bonchev–Trinajstić information content (AvgIpc) is 2.08. The summed E-state index contributed by atoms with van der Waals surface area (Å²) in [6.45, 7) is 0.871. The number of alkyl halides is 3. The Kier molecular flexibility index (Phi) is 7.89. The van der Waals surface area contributed by atoms with Crippen molar-refractivity contribution in [2.45, 2.75) is 38.3 Å². The summed E-state index contributed by atoms with van der Waals surface area (Å²) in [7, 11) is 0. The normalized spacial score (nSPS) is 12.0. The molecule has 2 nitrogen and oxygen atoms in total. The van der Waals surface area contributed by atoms with E-state index in [1.165, 1.54) is 0 Å². The number of rotatable bonds is 8. The van der Waals surface area contributed by atoms with Crippen LogP contribution in [0.3, 0.4) is 0 Å². The minimum atomic E-state index is -4.10. The lowest BCUT2D eigenvalue weighted by atomic mass is 10.2. The van der Waals surface area contributed by atoms with Gasteiger partial charge in [-0.05, 0) is 19.4 Å². The highest BCUT2D eigenvalue weighted by Crippen LogP contribution is 2.18. The molecule has 0 aromatic heterocycles. The van der Waals surface area contributed by atoms with Crippen LogP contribution in [0.25, 0.3) is 0 Å². The van der Waals surface area contributed by atoms with Gasteiger partial charge in [0.15, 0.2) is 0 Å². The molecule has 0 aromatic rings. The fraction of sp³-hybridized carbons (Fsp3) is 1.00. The smallest absolute Gasteiger partial charge is 0.381 e. The minimum Gasteiger partial charge on any atom is -0.381 e. The van der Waals surface area contributed by atoms with Crippen molar-refractivity contribution < 1.29 is 17.9 Å². The highest BCUT2D eigenvalue weighted by atomic mass is 19.4. The Balaban J connectivity index is 2.99. The molecule has 0 atom stereocenters. The lowest BCUT2D eigenvalue weighted by Crippen LogP contribution is -2.11. The Bertz CT molecular complexity index is 128. The van der Waals surface area contributed by atoms with E-state index in [0.29, 0.717) is 13.2 Å². The number of ether oxygens (including phenoxy) is 1. The van der Waals surface area contributed by atoms with Crippen LogP contribution in [-0.2, 0) is 4.74 Å². The molecule has 0 bridgehead atoms. The van der Waals surface area contributed by atoms with Crippen LogP contribution < -0.4 is 5.73 Å². The van der Waals surface area contributed by atoms with E-state index < -0.39 is 12.6 Å². The Labute approximate surface area is 82.6 Å². The van der Waals surface area contributed by atoms with E-state index in [0.717, 1.165) is 25.7 Å². The Morgan fingerprint density at radius 2 is 1.57 bits per heavy atom. The predicted octanol–water partition coefficient (Wildman–Crippen LogP) is 2.47. The van der Waals surface area contributed by atoms with Gasteiger partial charge in [0.05, 0.1) is 13.0 Å². The lowest BCUT2D eigenvalue weighted by molar-refractivity contribution is -0.145. The van der Waals surface area contributed by atoms with Crippen molar-refractivity contribution >= 4 is 0 Å². The van der Waals surface area contributed by atoms with Gasteiger partial charge in [-0.1, -0.05) is 12.8 Å². The molecule has 0 aromatic carbocycles. The number of nitrogens with two attached hydrogens (primary N) is 1. The molecule has 86 valence electrons. The van der Waals surface area contributed by atoms with Gasteiger partial charge in [-0.25, -0.2) is 0 Å². The summed E-state index contributed by atoms with van der Waals surface area (Å²) in [5.41, 5.74) is 5.28. The lowest BCUT2D eigenvalue weighted by Gasteiger charge is -2.06. The van der Waals surface area contributed by atoms with Gasteiger partial charge in [0.1, 0.15) is 0 Å². The van der Waals surface area contributed by atoms with E-state index >= 15 is 0 Å². The molecular formula is C9H18F3NO. The summed E-state index contributed by atoms with van der Waals surface area (Å²) in [4.78, 5) is 0. The molecule has 0 rings (SSSR count).